The number of rotatable bonds is 2. The molecule has 6 heteroatoms. The molecule has 0 amide bonds. The fourth-order valence-electron chi connectivity index (χ4n) is 0.231. The zero-order valence-corrected chi connectivity index (χ0v) is 5.44. The van der Waals surface area contributed by atoms with Crippen molar-refractivity contribution in [3.8, 4) is 0 Å². The van der Waals surface area contributed by atoms with Crippen molar-refractivity contribution in [3.05, 3.63) is 0 Å². The van der Waals surface area contributed by atoms with Crippen molar-refractivity contribution in [2.45, 2.75) is 0 Å². The van der Waals surface area contributed by atoms with Crippen LogP contribution in [-0.2, 0) is 10.3 Å². The summed E-state index contributed by atoms with van der Waals surface area (Å²) in [5, 5.41) is 1.12. The van der Waals surface area contributed by atoms with Crippen molar-refractivity contribution in [2.75, 3.05) is 14.1 Å². The number of hydrogen-bond donors (Lipinski definition) is 2. The van der Waals surface area contributed by atoms with Gasteiger partial charge in [-0.25, -0.2) is 5.01 Å². The number of hydrazine groups is 1. The van der Waals surface area contributed by atoms with E-state index in [1.54, 1.807) is 4.83 Å². The molecular formula is C2H8N2O3S. The van der Waals surface area contributed by atoms with E-state index in [1.165, 1.54) is 14.1 Å². The maximum atomic E-state index is 9.84. The van der Waals surface area contributed by atoms with E-state index in [2.05, 4.69) is 0 Å². The molecule has 0 atom stereocenters. The highest BCUT2D eigenvalue weighted by Gasteiger charge is 2.01. The Hall–Kier alpha value is -0.170. The van der Waals surface area contributed by atoms with Crippen molar-refractivity contribution in [2.24, 2.45) is 0 Å². The van der Waals surface area contributed by atoms with Crippen molar-refractivity contribution in [1.29, 1.82) is 0 Å². The minimum Gasteiger partial charge on any atom is -0.273 e. The molecule has 0 radical (unpaired) electrons. The van der Waals surface area contributed by atoms with Gasteiger partial charge in [0, 0.05) is 14.1 Å². The zero-order valence-electron chi connectivity index (χ0n) is 4.62. The molecule has 0 spiro atoms. The van der Waals surface area contributed by atoms with Crippen LogP contribution < -0.4 is 4.83 Å². The van der Waals surface area contributed by atoms with Crippen molar-refractivity contribution < 1.29 is 13.0 Å². The highest BCUT2D eigenvalue weighted by atomic mass is 32.2. The van der Waals surface area contributed by atoms with Gasteiger partial charge >= 0.3 is 10.3 Å². The Morgan fingerprint density at radius 3 is 1.88 bits per heavy atom. The molecule has 0 saturated carbocycles. The Labute approximate surface area is 48.1 Å². The van der Waals surface area contributed by atoms with E-state index in [0.717, 1.165) is 5.01 Å². The molecule has 0 aliphatic heterocycles. The molecule has 0 fully saturated rings. The Bertz CT molecular complexity index is 149. The molecular weight excluding hydrogens is 132 g/mol. The Morgan fingerprint density at radius 1 is 1.50 bits per heavy atom. The van der Waals surface area contributed by atoms with Gasteiger partial charge in [-0.3, -0.25) is 4.55 Å². The summed E-state index contributed by atoms with van der Waals surface area (Å²) < 4.78 is 27.7. The van der Waals surface area contributed by atoms with E-state index in [0.29, 0.717) is 0 Å². The molecule has 0 bridgehead atoms. The predicted molar refractivity (Wildman–Crippen MR) is 28.4 cm³/mol. The molecule has 0 aliphatic rings. The average Bonchev–Trinajstić information content (AvgIpc) is 1.21. The van der Waals surface area contributed by atoms with Crippen LogP contribution in [0.1, 0.15) is 0 Å². The summed E-state index contributed by atoms with van der Waals surface area (Å²) in [6, 6.07) is 0. The zero-order chi connectivity index (χ0) is 6.78. The smallest absolute Gasteiger partial charge is 0.273 e. The SMILES string of the molecule is CN(C)NS(=O)(=O)O. The summed E-state index contributed by atoms with van der Waals surface area (Å²) in [6.07, 6.45) is 0. The van der Waals surface area contributed by atoms with Crippen molar-refractivity contribution in [1.82, 2.24) is 9.84 Å². The third kappa shape index (κ3) is 5.83. The molecule has 0 aromatic carbocycles. The van der Waals surface area contributed by atoms with Crippen LogP contribution in [0.15, 0.2) is 0 Å². The van der Waals surface area contributed by atoms with E-state index in [9.17, 15) is 8.42 Å². The standard InChI is InChI=1S/C2H8N2O3S/c1-4(2)3-8(5,6)7/h3H,1-2H3,(H,5,6,7). The van der Waals surface area contributed by atoms with Gasteiger partial charge in [-0.15, -0.1) is 4.83 Å². The minimum atomic E-state index is -4.05. The third-order valence-electron chi connectivity index (χ3n) is 0.298. The van der Waals surface area contributed by atoms with Crippen LogP contribution in [-0.4, -0.2) is 32.1 Å². The molecule has 2 N–H and O–H groups in total. The summed E-state index contributed by atoms with van der Waals surface area (Å²) in [6.45, 7) is 0. The quantitative estimate of drug-likeness (QED) is 0.375. The van der Waals surface area contributed by atoms with Crippen LogP contribution >= 0.6 is 0 Å². The highest BCUT2D eigenvalue weighted by molar-refractivity contribution is 7.83. The van der Waals surface area contributed by atoms with Crippen LogP contribution in [0.3, 0.4) is 0 Å². The first-order valence-electron chi connectivity index (χ1n) is 1.84. The lowest BCUT2D eigenvalue weighted by Gasteiger charge is -2.06. The number of nitrogens with zero attached hydrogens (tertiary/aromatic N) is 1. The van der Waals surface area contributed by atoms with E-state index in [1.807, 2.05) is 0 Å². The molecule has 0 saturated heterocycles. The topological polar surface area (TPSA) is 69.6 Å². The van der Waals surface area contributed by atoms with Crippen LogP contribution in [0.2, 0.25) is 0 Å². The van der Waals surface area contributed by atoms with Crippen molar-refractivity contribution >= 4 is 10.3 Å². The van der Waals surface area contributed by atoms with Gasteiger partial charge in [0.2, 0.25) is 0 Å². The lowest BCUT2D eigenvalue weighted by atomic mass is 11.2. The van der Waals surface area contributed by atoms with E-state index < -0.39 is 10.3 Å². The first-order valence-corrected chi connectivity index (χ1v) is 3.28. The maximum Gasteiger partial charge on any atom is 0.346 e. The molecule has 0 unspecified atom stereocenters. The molecule has 0 rings (SSSR count). The second-order valence-corrected chi connectivity index (χ2v) is 2.59. The number of nitrogens with one attached hydrogen (secondary N) is 1. The minimum absolute atomic E-state index is 1.12. The monoisotopic (exact) mass is 140 g/mol. The fourth-order valence-corrected chi connectivity index (χ4v) is 0.692. The van der Waals surface area contributed by atoms with Crippen LogP contribution in [0, 0.1) is 0 Å². The third-order valence-corrected chi connectivity index (χ3v) is 0.894. The lowest BCUT2D eigenvalue weighted by molar-refractivity contribution is 0.335. The van der Waals surface area contributed by atoms with Gasteiger partial charge in [-0.1, -0.05) is 0 Å². The molecule has 0 aliphatic carbocycles. The summed E-state index contributed by atoms with van der Waals surface area (Å²) in [4.78, 5) is 1.74. The van der Waals surface area contributed by atoms with Crippen LogP contribution in [0.25, 0.3) is 0 Å². The Balaban J connectivity index is 3.75. The fraction of sp³-hybridized carbons (Fsp3) is 1.00. The van der Waals surface area contributed by atoms with E-state index in [4.69, 9.17) is 4.55 Å². The Morgan fingerprint density at radius 2 is 1.88 bits per heavy atom. The van der Waals surface area contributed by atoms with Gasteiger partial charge in [0.25, 0.3) is 0 Å². The summed E-state index contributed by atoms with van der Waals surface area (Å²) in [5.74, 6) is 0. The summed E-state index contributed by atoms with van der Waals surface area (Å²) in [7, 11) is -1.14. The largest absolute Gasteiger partial charge is 0.346 e. The normalized spacial score (nSPS) is 12.5. The van der Waals surface area contributed by atoms with Gasteiger partial charge < -0.3 is 0 Å². The van der Waals surface area contributed by atoms with Gasteiger partial charge in [-0.2, -0.15) is 8.42 Å². The first-order chi connectivity index (χ1) is 3.42. The molecule has 8 heavy (non-hydrogen) atoms. The van der Waals surface area contributed by atoms with E-state index >= 15 is 0 Å². The van der Waals surface area contributed by atoms with Crippen molar-refractivity contribution in [3.63, 3.8) is 0 Å². The predicted octanol–water partition coefficient (Wildman–Crippen LogP) is -1.14. The van der Waals surface area contributed by atoms with Crippen LogP contribution in [0.5, 0.6) is 0 Å². The van der Waals surface area contributed by atoms with Gasteiger partial charge in [0.15, 0.2) is 0 Å². The summed E-state index contributed by atoms with van der Waals surface area (Å²) in [5.41, 5.74) is 0. The molecule has 50 valence electrons. The highest BCUT2D eigenvalue weighted by Crippen LogP contribution is 1.71. The second-order valence-electron chi connectivity index (χ2n) is 1.46. The summed E-state index contributed by atoms with van der Waals surface area (Å²) >= 11 is 0. The molecule has 0 aromatic rings. The van der Waals surface area contributed by atoms with Gasteiger partial charge in [0.05, 0.1) is 0 Å². The maximum absolute atomic E-state index is 9.84. The van der Waals surface area contributed by atoms with Crippen LogP contribution in [0.4, 0.5) is 0 Å². The second kappa shape index (κ2) is 2.40. The Kier molecular flexibility index (Phi) is 2.35. The molecule has 0 aromatic heterocycles. The molecule has 0 heterocycles. The number of hydrogen-bond acceptors (Lipinski definition) is 3. The van der Waals surface area contributed by atoms with Gasteiger partial charge in [0.1, 0.15) is 0 Å². The molecule has 5 nitrogen and oxygen atoms in total. The van der Waals surface area contributed by atoms with Gasteiger partial charge in [-0.05, 0) is 0 Å². The van der Waals surface area contributed by atoms with E-state index in [-0.39, 0.29) is 0 Å². The lowest BCUT2D eigenvalue weighted by Crippen LogP contribution is -2.35. The first kappa shape index (κ1) is 7.83. The average molecular weight is 140 g/mol.